The zero-order chi connectivity index (χ0) is 63.2. The molecule has 0 aliphatic carbocycles. The van der Waals surface area contributed by atoms with Crippen molar-refractivity contribution in [3.63, 3.8) is 0 Å². The fourth-order valence-corrected chi connectivity index (χ4v) is 7.46. The van der Waals surface area contributed by atoms with Crippen LogP contribution in [0.1, 0.15) is 69.0 Å². The molecule has 12 nitrogen and oxygen atoms in total. The van der Waals surface area contributed by atoms with Crippen molar-refractivity contribution in [2.45, 2.75) is 68.7 Å². The van der Waals surface area contributed by atoms with Gasteiger partial charge in [-0.2, -0.15) is 13.4 Å². The number of nitrogens with zero attached hydrogens (tertiary/aromatic N) is 4. The van der Waals surface area contributed by atoms with Gasteiger partial charge < -0.3 is 35.7 Å². The number of aromatic amines is 4. The van der Waals surface area contributed by atoms with Crippen LogP contribution in [0.2, 0.25) is 0 Å². The summed E-state index contributed by atoms with van der Waals surface area (Å²) >= 11 is 6.67. The van der Waals surface area contributed by atoms with E-state index >= 15 is 0 Å². The highest BCUT2D eigenvalue weighted by Crippen LogP contribution is 2.22. The molecular weight excluding hydrogens is 1120 g/mol. The summed E-state index contributed by atoms with van der Waals surface area (Å²) in [4.78, 5) is 28.8. The first-order valence-electron chi connectivity index (χ1n) is 27.6. The Hall–Kier alpha value is -9.20. The zero-order valence-corrected chi connectivity index (χ0v) is 52.9. The predicted molar refractivity (Wildman–Crippen MR) is 377 cm³/mol. The molecule has 15 heteroatoms. The SMILES string of the molecule is C.C1=Nc2ccccc2C1.C=Cc1ccccc1C.Cc1c[nH]c[n+]1C.Cc1cccc(C=N)c1.Cc1cnc[nH]1.Cc1cnc[nH]1.P=S.[2H]S.[CH-]=[NH+]c1ccccc1C.[CH-]=[NH+]c1ccccc1C.c1ccc2[nH]ccc2c1.c1ccc2c(c1)CCN2. The molecule has 2 aliphatic heterocycles. The van der Waals surface area contributed by atoms with Gasteiger partial charge in [-0.3, -0.25) is 4.99 Å². The smallest absolute Gasteiger partial charge is 0.241 e. The van der Waals surface area contributed by atoms with Crippen molar-refractivity contribution in [3.8, 4) is 0 Å². The first-order chi connectivity index (χ1) is 41.8. The number of aromatic nitrogens is 7. The van der Waals surface area contributed by atoms with Gasteiger partial charge in [0.25, 0.3) is 0 Å². The van der Waals surface area contributed by atoms with Gasteiger partial charge in [0.1, 0.15) is 11.9 Å². The highest BCUT2D eigenvalue weighted by molar-refractivity contribution is 7.88. The largest absolute Gasteiger partial charge is 0.384 e. The lowest BCUT2D eigenvalue weighted by Gasteiger charge is -1.97. The Morgan fingerprint density at radius 1 is 0.663 bits per heavy atom. The number of nitrogens with one attached hydrogen (secondary N) is 8. The van der Waals surface area contributed by atoms with Crippen molar-refractivity contribution in [2.75, 3.05) is 11.9 Å². The summed E-state index contributed by atoms with van der Waals surface area (Å²) < 4.78 is 7.47. The summed E-state index contributed by atoms with van der Waals surface area (Å²) in [6.07, 6.45) is 20.1. The van der Waals surface area contributed by atoms with E-state index in [0.29, 0.717) is 0 Å². The quantitative estimate of drug-likeness (QED) is 0.0380. The summed E-state index contributed by atoms with van der Waals surface area (Å²) in [7, 11) is 4.56. The van der Waals surface area contributed by atoms with E-state index in [2.05, 4.69) is 165 Å². The van der Waals surface area contributed by atoms with Crippen LogP contribution in [0.5, 0.6) is 0 Å². The number of H-pyrrole nitrogens is 4. The highest BCUT2D eigenvalue weighted by atomic mass is 32.4. The molecule has 6 heterocycles. The molecule has 0 saturated carbocycles. The molecule has 448 valence electrons. The molecule has 13 rings (SSSR count). The van der Waals surface area contributed by atoms with Crippen molar-refractivity contribution >= 4 is 98.8 Å². The van der Waals surface area contributed by atoms with Crippen LogP contribution in [0, 0.1) is 53.9 Å². The van der Waals surface area contributed by atoms with Crippen molar-refractivity contribution in [1.82, 2.24) is 29.9 Å². The van der Waals surface area contributed by atoms with Crippen molar-refractivity contribution in [1.29, 1.82) is 6.53 Å². The normalized spacial score (nSPS) is 9.94. The molecule has 11 aromatic rings. The molecule has 0 unspecified atom stereocenters. The van der Waals surface area contributed by atoms with Crippen LogP contribution in [0.25, 0.3) is 17.0 Å². The van der Waals surface area contributed by atoms with Gasteiger partial charge in [0.2, 0.25) is 6.33 Å². The number of aliphatic imine (C=N–C) groups is 1. The van der Waals surface area contributed by atoms with E-state index in [1.807, 2.05) is 193 Å². The average molecular weight is 1210 g/mol. The van der Waals surface area contributed by atoms with Gasteiger partial charge in [-0.15, -0.1) is 0 Å². The number of anilines is 1. The van der Waals surface area contributed by atoms with E-state index < -0.39 is 0 Å². The van der Waals surface area contributed by atoms with Crippen LogP contribution in [-0.2, 0) is 31.7 Å². The van der Waals surface area contributed by atoms with E-state index in [4.69, 9.17) is 20.0 Å². The summed E-state index contributed by atoms with van der Waals surface area (Å²) in [5, 5.41) is 11.5. The second-order valence-corrected chi connectivity index (χ2v) is 18.7. The number of hydrogen-bond donors (Lipinski definition) is 8. The highest BCUT2D eigenvalue weighted by Gasteiger charge is 2.06. The summed E-state index contributed by atoms with van der Waals surface area (Å²) in [6, 6.07) is 58.8. The van der Waals surface area contributed by atoms with Crippen LogP contribution in [0.15, 0.2) is 231 Å². The van der Waals surface area contributed by atoms with E-state index in [-0.39, 0.29) is 7.43 Å². The lowest BCUT2D eigenvalue weighted by molar-refractivity contribution is -0.676. The molecular formula is C71H88N12PS2+. The van der Waals surface area contributed by atoms with E-state index in [9.17, 15) is 0 Å². The predicted octanol–water partition coefficient (Wildman–Crippen LogP) is 13.9. The van der Waals surface area contributed by atoms with E-state index in [0.717, 1.165) is 47.0 Å². The molecule has 86 heavy (non-hydrogen) atoms. The molecule has 0 fully saturated rings. The number of para-hydroxylation sites is 5. The maximum absolute atomic E-state index is 6.92. The number of imidazole rings is 3. The third kappa shape index (κ3) is 29.9. The monoisotopic (exact) mass is 1200 g/mol. The maximum Gasteiger partial charge on any atom is 0.241 e. The third-order valence-electron chi connectivity index (χ3n) is 12.3. The average Bonchev–Trinajstić information content (AvgIpc) is 4.56. The number of rotatable bonds is 4. The van der Waals surface area contributed by atoms with Crippen molar-refractivity contribution in [2.24, 2.45) is 12.0 Å². The Balaban J connectivity index is 0.000000481. The minimum absolute atomic E-state index is 0. The summed E-state index contributed by atoms with van der Waals surface area (Å²) in [6.45, 7) is 29.3. The Labute approximate surface area is 527 Å². The molecule has 0 spiro atoms. The summed E-state index contributed by atoms with van der Waals surface area (Å²) in [5.74, 6) is 0. The lowest BCUT2D eigenvalue weighted by Crippen LogP contribution is -2.58. The number of hydrogen-bond acceptors (Lipinski definition) is 6. The first-order valence-corrected chi connectivity index (χ1v) is 28.8. The Morgan fingerprint density at radius 2 is 1.21 bits per heavy atom. The van der Waals surface area contributed by atoms with Crippen LogP contribution in [0.3, 0.4) is 0 Å². The maximum atomic E-state index is 6.92. The Kier molecular flexibility index (Phi) is 38.4. The van der Waals surface area contributed by atoms with Crippen molar-refractivity contribution < 1.29 is 14.6 Å². The van der Waals surface area contributed by atoms with Crippen LogP contribution in [0.4, 0.5) is 22.7 Å². The van der Waals surface area contributed by atoms with Gasteiger partial charge in [-0.25, -0.2) is 19.5 Å². The molecule has 0 radical (unpaired) electrons. The molecule has 0 atom stereocenters. The topological polar surface area (TPSA) is 169 Å². The van der Waals surface area contributed by atoms with Gasteiger partial charge in [0.15, 0.2) is 0 Å². The molecule has 4 aromatic heterocycles. The molecule has 0 saturated heterocycles. The van der Waals surface area contributed by atoms with E-state index in [1.165, 1.54) is 73.9 Å². The molecule has 0 amide bonds. The van der Waals surface area contributed by atoms with Gasteiger partial charge in [-0.1, -0.05) is 214 Å². The minimum atomic E-state index is 0. The molecule has 0 bridgehead atoms. The van der Waals surface area contributed by atoms with Crippen LogP contribution >= 0.6 is 21.4 Å². The van der Waals surface area contributed by atoms with Gasteiger partial charge in [0, 0.05) is 86.9 Å². The van der Waals surface area contributed by atoms with E-state index in [1.54, 1.807) is 25.0 Å². The third-order valence-corrected chi connectivity index (χ3v) is 12.3. The van der Waals surface area contributed by atoms with Gasteiger partial charge in [0.05, 0.1) is 37.9 Å². The van der Waals surface area contributed by atoms with Crippen molar-refractivity contribution in [3.05, 3.63) is 288 Å². The molecule has 2 aliphatic rings. The fraction of sp³-hybridized carbons (Fsp3) is 0.169. The second kappa shape index (κ2) is 45.3. The Bertz CT molecular complexity index is 3380. The van der Waals surface area contributed by atoms with Gasteiger partial charge >= 0.3 is 0 Å². The molecule has 8 N–H and O–H groups in total. The standard InChI is InChI=1S/C9H10.C8H9N.2C8H7N.3C8H9N.C5H8N2.2C4H6N2.CH4.HPS.H2S/c1-3-9-7-5-4-6-8(9)2;3*1-2-4-8-7(3-1)5-6-9-8;2*1-7-5-3-4-6-8(7)9-2;1-7-3-2-4-8(5-7)6-9;1-5-3-6-4-7(5)2;2*1-4-2-5-3-6-4;;1-2;/h3-7H,1H2,2H3;1-4,9H,5-6H2;1-4,6H,5H2;1-6,9H;3*2-6,9H,1H3;3-4H,1-2H3;2*2-3H,1H3,(H,5,6);1H4;1H;1H2/p+1/i/hD. The second-order valence-electron chi connectivity index (χ2n) is 18.7. The zero-order valence-electron chi connectivity index (χ0n) is 51.1. The summed E-state index contributed by atoms with van der Waals surface area (Å²) in [5.41, 5.74) is 18.9. The minimum Gasteiger partial charge on any atom is -0.384 e. The number of benzene rings is 7. The first kappa shape index (κ1) is 72.9. The number of fused-ring (bicyclic) bond motifs is 3. The van der Waals surface area contributed by atoms with Crippen LogP contribution in [-0.4, -0.2) is 63.4 Å². The Morgan fingerprint density at radius 3 is 1.63 bits per heavy atom. The molecule has 7 aromatic carbocycles. The van der Waals surface area contributed by atoms with Gasteiger partial charge in [-0.05, 0) is 99.6 Å². The fourth-order valence-electron chi connectivity index (χ4n) is 7.46. The van der Waals surface area contributed by atoms with Crippen LogP contribution < -0.4 is 19.9 Å². The lowest BCUT2D eigenvalue weighted by atomic mass is 10.1. The number of aryl methyl sites for hydroxylation is 8.